The molecule has 0 aromatic heterocycles. The van der Waals surface area contributed by atoms with E-state index in [1.165, 1.54) is 15.3 Å². The lowest BCUT2D eigenvalue weighted by Gasteiger charge is -2.30. The zero-order valence-electron chi connectivity index (χ0n) is 22.2. The summed E-state index contributed by atoms with van der Waals surface area (Å²) in [6.45, 7) is 5.60. The maximum absolute atomic E-state index is 14.4. The average Bonchev–Trinajstić information content (AvgIpc) is 3.35. The number of sulfonamides is 1. The number of amides is 2. The quantitative estimate of drug-likeness (QED) is 0.464. The second kappa shape index (κ2) is 12.5. The summed E-state index contributed by atoms with van der Waals surface area (Å²) < 4.78 is 40.8. The fourth-order valence-electron chi connectivity index (χ4n) is 4.67. The molecule has 2 aromatic carbocycles. The summed E-state index contributed by atoms with van der Waals surface area (Å²) in [6.07, 6.45) is 5.38. The zero-order chi connectivity index (χ0) is 27.2. The van der Waals surface area contributed by atoms with Crippen LogP contribution in [-0.2, 0) is 26.2 Å². The molecule has 1 saturated carbocycles. The number of hydrogen-bond acceptors (Lipinski definition) is 4. The zero-order valence-corrected chi connectivity index (χ0v) is 23.0. The number of carbonyl (C=O) groups is 2. The number of hydrogen-bond donors (Lipinski definition) is 1. The largest absolute Gasteiger partial charge is 0.352 e. The molecule has 37 heavy (non-hydrogen) atoms. The van der Waals surface area contributed by atoms with Gasteiger partial charge in [0, 0.05) is 31.1 Å². The van der Waals surface area contributed by atoms with E-state index in [0.717, 1.165) is 43.1 Å². The Morgan fingerprint density at radius 1 is 1.08 bits per heavy atom. The highest BCUT2D eigenvalue weighted by molar-refractivity contribution is 7.92. The van der Waals surface area contributed by atoms with Crippen molar-refractivity contribution in [3.63, 3.8) is 0 Å². The molecule has 2 amide bonds. The van der Waals surface area contributed by atoms with E-state index in [9.17, 15) is 22.4 Å². The predicted octanol–water partition coefficient (Wildman–Crippen LogP) is 4.46. The monoisotopic (exact) mass is 531 g/mol. The Balaban J connectivity index is 1.73. The number of aryl methyl sites for hydroxylation is 2. The molecule has 7 nitrogen and oxygen atoms in total. The number of anilines is 1. The van der Waals surface area contributed by atoms with Crippen LogP contribution in [-0.4, -0.2) is 50.0 Å². The van der Waals surface area contributed by atoms with E-state index in [-0.39, 0.29) is 43.8 Å². The molecule has 0 aliphatic heterocycles. The number of halogens is 1. The maximum atomic E-state index is 14.4. The molecule has 202 valence electrons. The molecule has 1 aliphatic carbocycles. The third-order valence-corrected chi connectivity index (χ3v) is 8.29. The first-order valence-corrected chi connectivity index (χ1v) is 14.7. The molecule has 1 aliphatic rings. The second-order valence-corrected chi connectivity index (χ2v) is 11.9. The molecule has 0 radical (unpaired) electrons. The van der Waals surface area contributed by atoms with Gasteiger partial charge in [-0.3, -0.25) is 13.9 Å². The molecule has 0 heterocycles. The van der Waals surface area contributed by atoms with Gasteiger partial charge in [0.1, 0.15) is 11.9 Å². The highest BCUT2D eigenvalue weighted by atomic mass is 32.2. The number of nitrogens with one attached hydrogen (secondary N) is 1. The lowest BCUT2D eigenvalue weighted by molar-refractivity contribution is -0.141. The average molecular weight is 532 g/mol. The first-order chi connectivity index (χ1) is 17.5. The first kappa shape index (κ1) is 28.6. The molecule has 0 bridgehead atoms. The van der Waals surface area contributed by atoms with Crippen molar-refractivity contribution >= 4 is 27.5 Å². The third kappa shape index (κ3) is 7.77. The predicted molar refractivity (Wildman–Crippen MR) is 144 cm³/mol. The van der Waals surface area contributed by atoms with Crippen molar-refractivity contribution in [3.05, 3.63) is 65.0 Å². The highest BCUT2D eigenvalue weighted by Gasteiger charge is 2.29. The number of carbonyl (C=O) groups excluding carboxylic acids is 2. The van der Waals surface area contributed by atoms with E-state index in [1.807, 2.05) is 26.0 Å². The highest BCUT2D eigenvalue weighted by Crippen LogP contribution is 2.23. The van der Waals surface area contributed by atoms with E-state index in [1.54, 1.807) is 31.2 Å². The van der Waals surface area contributed by atoms with Crippen LogP contribution >= 0.6 is 0 Å². The minimum atomic E-state index is -3.57. The van der Waals surface area contributed by atoms with Gasteiger partial charge in [-0.15, -0.1) is 0 Å². The van der Waals surface area contributed by atoms with Crippen LogP contribution < -0.4 is 9.62 Å². The molecule has 0 unspecified atom stereocenters. The van der Waals surface area contributed by atoms with E-state index >= 15 is 0 Å². The molecule has 0 saturated heterocycles. The van der Waals surface area contributed by atoms with Gasteiger partial charge in [0.2, 0.25) is 21.8 Å². The molecule has 0 spiro atoms. The van der Waals surface area contributed by atoms with Gasteiger partial charge < -0.3 is 10.2 Å². The fraction of sp³-hybridized carbons (Fsp3) is 0.500. The molecule has 9 heteroatoms. The second-order valence-electron chi connectivity index (χ2n) is 9.99. The standard InChI is InChI=1S/C28H38FN3O4S/c1-20-15-16-25(18-21(20)2)32(37(4,35)36)17-9-14-27(33)31(19-23-10-5-8-13-26(23)29)22(3)28(34)30-24-11-6-7-12-24/h5,8,10,13,15-16,18,22,24H,6-7,9,11-12,14,17,19H2,1-4H3,(H,30,34)/t22-/m1/s1. The Morgan fingerprint density at radius 2 is 1.76 bits per heavy atom. The van der Waals surface area contributed by atoms with E-state index < -0.39 is 21.9 Å². The van der Waals surface area contributed by atoms with Gasteiger partial charge in [-0.2, -0.15) is 0 Å². The summed E-state index contributed by atoms with van der Waals surface area (Å²) in [5.74, 6) is -1.03. The Kier molecular flexibility index (Phi) is 9.70. The van der Waals surface area contributed by atoms with Gasteiger partial charge >= 0.3 is 0 Å². The minimum Gasteiger partial charge on any atom is -0.352 e. The van der Waals surface area contributed by atoms with Crippen LogP contribution in [0.2, 0.25) is 0 Å². The van der Waals surface area contributed by atoms with Gasteiger partial charge in [0.15, 0.2) is 0 Å². The van der Waals surface area contributed by atoms with Gasteiger partial charge in [-0.05, 0) is 69.4 Å². The summed E-state index contributed by atoms with van der Waals surface area (Å²) in [6, 6.07) is 10.9. The molecule has 1 fully saturated rings. The molecule has 3 rings (SSSR count). The van der Waals surface area contributed by atoms with Gasteiger partial charge in [0.05, 0.1) is 11.9 Å². The van der Waals surface area contributed by atoms with Gasteiger partial charge in [-0.25, -0.2) is 12.8 Å². The maximum Gasteiger partial charge on any atom is 0.242 e. The van der Waals surface area contributed by atoms with Crippen molar-refractivity contribution in [1.29, 1.82) is 0 Å². The molecule has 1 N–H and O–H groups in total. The van der Waals surface area contributed by atoms with Crippen molar-refractivity contribution in [2.24, 2.45) is 0 Å². The number of benzene rings is 2. The lowest BCUT2D eigenvalue weighted by Crippen LogP contribution is -2.49. The smallest absolute Gasteiger partial charge is 0.242 e. The van der Waals surface area contributed by atoms with Crippen LogP contribution in [0.5, 0.6) is 0 Å². The van der Waals surface area contributed by atoms with Crippen molar-refractivity contribution in [2.45, 2.75) is 77.9 Å². The fourth-order valence-corrected chi connectivity index (χ4v) is 5.63. The van der Waals surface area contributed by atoms with Crippen molar-refractivity contribution in [1.82, 2.24) is 10.2 Å². The summed E-state index contributed by atoms with van der Waals surface area (Å²) in [4.78, 5) is 27.7. The molecule has 2 aromatic rings. The molecule has 1 atom stereocenters. The van der Waals surface area contributed by atoms with Gasteiger partial charge in [-0.1, -0.05) is 37.1 Å². The Labute approximate surface area is 220 Å². The first-order valence-electron chi connectivity index (χ1n) is 12.9. The van der Waals surface area contributed by atoms with Crippen LogP contribution in [0.4, 0.5) is 10.1 Å². The Hall–Kier alpha value is -2.94. The number of rotatable bonds is 11. The topological polar surface area (TPSA) is 86.8 Å². The van der Waals surface area contributed by atoms with E-state index in [4.69, 9.17) is 0 Å². The Morgan fingerprint density at radius 3 is 2.38 bits per heavy atom. The molecular formula is C28H38FN3O4S. The molecular weight excluding hydrogens is 493 g/mol. The van der Waals surface area contributed by atoms with Gasteiger partial charge in [0.25, 0.3) is 0 Å². The minimum absolute atomic E-state index is 0.0202. The number of nitrogens with zero attached hydrogens (tertiary/aromatic N) is 2. The van der Waals surface area contributed by atoms with Crippen LogP contribution in [0.15, 0.2) is 42.5 Å². The third-order valence-electron chi connectivity index (χ3n) is 7.10. The van der Waals surface area contributed by atoms with Crippen LogP contribution in [0.1, 0.15) is 62.1 Å². The van der Waals surface area contributed by atoms with Crippen molar-refractivity contribution in [2.75, 3.05) is 17.1 Å². The van der Waals surface area contributed by atoms with Crippen molar-refractivity contribution < 1.29 is 22.4 Å². The van der Waals surface area contributed by atoms with Crippen molar-refractivity contribution in [3.8, 4) is 0 Å². The van der Waals surface area contributed by atoms with E-state index in [2.05, 4.69) is 5.32 Å². The van der Waals surface area contributed by atoms with Crippen LogP contribution in [0.25, 0.3) is 0 Å². The summed E-state index contributed by atoms with van der Waals surface area (Å²) >= 11 is 0. The Bertz CT molecular complexity index is 1210. The lowest BCUT2D eigenvalue weighted by atomic mass is 10.1. The van der Waals surface area contributed by atoms with E-state index in [0.29, 0.717) is 11.3 Å². The normalized spacial score (nSPS) is 14.8. The summed E-state index contributed by atoms with van der Waals surface area (Å²) in [7, 11) is -3.57. The van der Waals surface area contributed by atoms with Crippen LogP contribution in [0, 0.1) is 19.7 Å². The van der Waals surface area contributed by atoms with Crippen LogP contribution in [0.3, 0.4) is 0 Å². The summed E-state index contributed by atoms with van der Waals surface area (Å²) in [5.41, 5.74) is 2.90. The summed E-state index contributed by atoms with van der Waals surface area (Å²) in [5, 5.41) is 3.03. The SMILES string of the molecule is Cc1ccc(N(CCCC(=O)N(Cc2ccccc2F)[C@H](C)C(=O)NC2CCCC2)S(C)(=O)=O)cc1C.